The molecule has 490 valence electrons. The fraction of sp³-hybridized carbons (Fsp3) is 0.639. The quantitative estimate of drug-likeness (QED) is 0.0216. The van der Waals surface area contributed by atoms with Crippen molar-refractivity contribution in [2.75, 3.05) is 164 Å². The average Bonchev–Trinajstić information content (AvgIpc) is 4.43. The SMILES string of the molecule is O=C(CCCCCC1SCC2NC(=O)NC21)NCCCOCCOCCOCCCNC(=O)c1cc(C(=O)NCCCOCCOCCOCCCNC(=O)c2ccc(I)cc2)cc(C(=O)NCCCOCCOCCOCCCN2C(=O)C=CC2=O)c1. The van der Waals surface area contributed by atoms with E-state index in [1.165, 1.54) is 35.3 Å². The predicted octanol–water partition coefficient (Wildman–Crippen LogP) is 3.56. The largest absolute Gasteiger partial charge is 0.379 e. The number of ether oxygens (including phenoxy) is 9. The van der Waals surface area contributed by atoms with Crippen molar-refractivity contribution < 1.29 is 81.0 Å². The summed E-state index contributed by atoms with van der Waals surface area (Å²) < 4.78 is 51.5. The third-order valence-electron chi connectivity index (χ3n) is 13.8. The molecule has 0 saturated carbocycles. The van der Waals surface area contributed by atoms with Gasteiger partial charge in [0, 0.05) is 134 Å². The number of nitrogens with zero attached hydrogens (tertiary/aromatic N) is 1. The van der Waals surface area contributed by atoms with Gasteiger partial charge in [-0.05, 0) is 116 Å². The molecule has 2 saturated heterocycles. The number of hydrogen-bond acceptors (Lipinski definition) is 18. The van der Waals surface area contributed by atoms with Crippen molar-refractivity contribution in [1.29, 1.82) is 0 Å². The van der Waals surface area contributed by atoms with Gasteiger partial charge in [0.1, 0.15) is 0 Å². The van der Waals surface area contributed by atoms with Crippen molar-refractivity contribution in [2.24, 2.45) is 0 Å². The van der Waals surface area contributed by atoms with Crippen LogP contribution in [-0.2, 0) is 57.0 Å². The molecule has 25 nitrogen and oxygen atoms in total. The van der Waals surface area contributed by atoms with Crippen LogP contribution < -0.4 is 37.2 Å². The Bertz CT molecular complexity index is 2430. The van der Waals surface area contributed by atoms with E-state index < -0.39 is 17.7 Å². The van der Waals surface area contributed by atoms with Gasteiger partial charge < -0.3 is 79.8 Å². The second-order valence-electron chi connectivity index (χ2n) is 20.7. The van der Waals surface area contributed by atoms with E-state index in [-0.39, 0.29) is 78.1 Å². The maximum Gasteiger partial charge on any atom is 0.315 e. The van der Waals surface area contributed by atoms with Crippen molar-refractivity contribution >= 4 is 81.7 Å². The molecule has 27 heteroatoms. The Morgan fingerprint density at radius 3 is 1.25 bits per heavy atom. The van der Waals surface area contributed by atoms with Crippen LogP contribution in [0.2, 0.25) is 0 Å². The van der Waals surface area contributed by atoms with Gasteiger partial charge in [-0.2, -0.15) is 11.8 Å². The highest BCUT2D eigenvalue weighted by Crippen LogP contribution is 2.33. The van der Waals surface area contributed by atoms with Crippen LogP contribution in [0.25, 0.3) is 0 Å². The molecular formula is C61H91IN8O17S. The highest BCUT2D eigenvalue weighted by atomic mass is 127. The van der Waals surface area contributed by atoms with E-state index in [0.717, 1.165) is 35.0 Å². The summed E-state index contributed by atoms with van der Waals surface area (Å²) in [6, 6.07) is 12.1. The molecule has 9 amide bonds. The van der Waals surface area contributed by atoms with Crippen LogP contribution in [0.3, 0.4) is 0 Å². The number of unbranched alkanes of at least 4 members (excludes halogenated alkanes) is 2. The molecule has 3 heterocycles. The van der Waals surface area contributed by atoms with Gasteiger partial charge in [0.2, 0.25) is 5.91 Å². The summed E-state index contributed by atoms with van der Waals surface area (Å²) in [5, 5.41) is 20.8. The fourth-order valence-corrected chi connectivity index (χ4v) is 11.0. The Morgan fingerprint density at radius 1 is 0.455 bits per heavy atom. The summed E-state index contributed by atoms with van der Waals surface area (Å²) >= 11 is 4.11. The van der Waals surface area contributed by atoms with E-state index in [1.807, 2.05) is 23.9 Å². The molecule has 7 N–H and O–H groups in total. The molecule has 3 aliphatic rings. The third kappa shape index (κ3) is 31.4. The van der Waals surface area contributed by atoms with Crippen LogP contribution in [0.5, 0.6) is 0 Å². The maximum atomic E-state index is 13.4. The van der Waals surface area contributed by atoms with Gasteiger partial charge in [-0.1, -0.05) is 12.8 Å². The highest BCUT2D eigenvalue weighted by molar-refractivity contribution is 14.1. The molecule has 0 spiro atoms. The van der Waals surface area contributed by atoms with E-state index >= 15 is 0 Å². The van der Waals surface area contributed by atoms with Crippen molar-refractivity contribution in [3.05, 3.63) is 80.4 Å². The highest BCUT2D eigenvalue weighted by Gasteiger charge is 2.42. The second-order valence-corrected chi connectivity index (χ2v) is 23.2. The molecule has 2 fully saturated rings. The van der Waals surface area contributed by atoms with Gasteiger partial charge >= 0.3 is 6.03 Å². The number of thioether (sulfide) groups is 1. The zero-order valence-corrected chi connectivity index (χ0v) is 53.5. The van der Waals surface area contributed by atoms with Crippen molar-refractivity contribution in [3.63, 3.8) is 0 Å². The average molecular weight is 1370 g/mol. The van der Waals surface area contributed by atoms with Crippen molar-refractivity contribution in [1.82, 2.24) is 42.1 Å². The number of nitrogens with one attached hydrogen (secondary N) is 7. The molecule has 88 heavy (non-hydrogen) atoms. The Labute approximate surface area is 534 Å². The Kier molecular flexibility index (Phi) is 38.2. The maximum absolute atomic E-state index is 13.4. The number of fused-ring (bicyclic) bond motifs is 1. The fourth-order valence-electron chi connectivity index (χ4n) is 9.08. The first kappa shape index (κ1) is 73.4. The standard InChI is InChI=1S/C61H91IN8O17S/c62-50-14-12-46(13-15-50)57(74)64-19-5-25-80-31-37-86-39-33-82-27-7-21-66-59(76)48-42-47(43-49(44-48)60(77)67-22-8-28-83-34-40-87-41-35-84-29-9-23-70-54(72)16-17-55(70)73)58(75)65-20-6-26-81-32-38-85-36-30-79-24-4-18-63-53(71)11-3-1-2-10-52-56-51(45-88-52)68-61(78)69-56/h12-17,42-44,51-52,56H,1-11,18-41,45H2,(H,63,71)(H,64,74)(H,65,75)(H,66,76)(H,67,77)(H2,68,69,78). The topological polar surface area (TPSA) is 307 Å². The summed E-state index contributed by atoms with van der Waals surface area (Å²) in [5.74, 6) is -1.10. The Hall–Kier alpha value is -5.34. The lowest BCUT2D eigenvalue weighted by Crippen LogP contribution is -2.36. The van der Waals surface area contributed by atoms with Crippen LogP contribution in [0.1, 0.15) is 112 Å². The van der Waals surface area contributed by atoms with Crippen LogP contribution >= 0.6 is 34.4 Å². The molecule has 0 aliphatic carbocycles. The van der Waals surface area contributed by atoms with Crippen LogP contribution in [0.4, 0.5) is 4.79 Å². The molecule has 3 aliphatic heterocycles. The lowest BCUT2D eigenvalue weighted by Gasteiger charge is -2.16. The van der Waals surface area contributed by atoms with Crippen LogP contribution in [0.15, 0.2) is 54.6 Å². The summed E-state index contributed by atoms with van der Waals surface area (Å²) in [6.45, 7) is 9.18. The number of halogens is 1. The summed E-state index contributed by atoms with van der Waals surface area (Å²) in [7, 11) is 0. The first-order chi connectivity index (χ1) is 43.0. The van der Waals surface area contributed by atoms with E-state index in [9.17, 15) is 38.4 Å². The van der Waals surface area contributed by atoms with Crippen LogP contribution in [0, 0.1) is 3.57 Å². The minimum Gasteiger partial charge on any atom is -0.379 e. The third-order valence-corrected chi connectivity index (χ3v) is 16.0. The normalized spacial score (nSPS) is 15.9. The first-order valence-corrected chi connectivity index (χ1v) is 32.8. The number of amides is 9. The number of carbonyl (C=O) groups excluding carboxylic acids is 8. The summed E-state index contributed by atoms with van der Waals surface area (Å²) in [6.07, 6.45) is 10.4. The molecule has 5 rings (SSSR count). The smallest absolute Gasteiger partial charge is 0.315 e. The number of carbonyl (C=O) groups is 8. The van der Waals surface area contributed by atoms with Gasteiger partial charge in [-0.3, -0.25) is 38.5 Å². The van der Waals surface area contributed by atoms with Gasteiger partial charge in [-0.15, -0.1) is 0 Å². The summed E-state index contributed by atoms with van der Waals surface area (Å²) in [4.78, 5) is 101. The zero-order chi connectivity index (χ0) is 62.7. The van der Waals surface area contributed by atoms with Gasteiger partial charge in [0.15, 0.2) is 0 Å². The molecule has 3 unspecified atom stereocenters. The second kappa shape index (κ2) is 45.8. The number of urea groups is 1. The molecular weight excluding hydrogens is 1280 g/mol. The van der Waals surface area contributed by atoms with E-state index in [4.69, 9.17) is 42.6 Å². The number of hydrogen-bond donors (Lipinski definition) is 7. The van der Waals surface area contributed by atoms with Gasteiger partial charge in [0.05, 0.1) is 91.4 Å². The number of rotatable bonds is 52. The van der Waals surface area contributed by atoms with Gasteiger partial charge in [-0.25, -0.2) is 4.79 Å². The lowest BCUT2D eigenvalue weighted by atomic mass is 10.0. The monoisotopic (exact) mass is 1370 g/mol. The minimum atomic E-state index is -0.460. The zero-order valence-electron chi connectivity index (χ0n) is 50.6. The Balaban J connectivity index is 0.880. The van der Waals surface area contributed by atoms with Crippen molar-refractivity contribution in [3.8, 4) is 0 Å². The first-order valence-electron chi connectivity index (χ1n) is 30.7. The van der Waals surface area contributed by atoms with Gasteiger partial charge in [0.25, 0.3) is 35.4 Å². The predicted molar refractivity (Wildman–Crippen MR) is 337 cm³/mol. The Morgan fingerprint density at radius 2 is 0.830 bits per heavy atom. The van der Waals surface area contributed by atoms with E-state index in [0.29, 0.717) is 194 Å². The molecule has 0 radical (unpaired) electrons. The van der Waals surface area contributed by atoms with E-state index in [2.05, 4.69) is 59.8 Å². The van der Waals surface area contributed by atoms with Crippen LogP contribution in [-0.4, -0.2) is 234 Å². The van der Waals surface area contributed by atoms with Crippen molar-refractivity contribution in [2.45, 2.75) is 88.0 Å². The molecule has 2 aromatic rings. The summed E-state index contributed by atoms with van der Waals surface area (Å²) in [5.41, 5.74) is 1.05. The number of imide groups is 1. The molecule has 2 aromatic carbocycles. The molecule has 0 aromatic heterocycles. The molecule has 3 atom stereocenters. The molecule has 0 bridgehead atoms. The number of benzene rings is 2. The minimum absolute atomic E-state index is 0.0502. The lowest BCUT2D eigenvalue weighted by molar-refractivity contribution is -0.137. The van der Waals surface area contributed by atoms with E-state index in [1.54, 1.807) is 12.1 Å².